The number of methoxy groups -OCH3 is 2. The van der Waals surface area contributed by atoms with Crippen LogP contribution in [-0.2, 0) is 0 Å². The lowest BCUT2D eigenvalue weighted by molar-refractivity contribution is 0.413. The van der Waals surface area contributed by atoms with Gasteiger partial charge >= 0.3 is 0 Å². The number of aromatic nitrogens is 3. The fourth-order valence-corrected chi connectivity index (χ4v) is 2.94. The molecule has 6 heteroatoms. The Morgan fingerprint density at radius 2 is 1.80 bits per heavy atom. The van der Waals surface area contributed by atoms with E-state index < -0.39 is 0 Å². The molecule has 0 spiro atoms. The molecule has 2 aromatic carbocycles. The normalized spacial score (nSPS) is 15.8. The number of hydrogen-bond acceptors (Lipinski definition) is 5. The first kappa shape index (κ1) is 15.3. The van der Waals surface area contributed by atoms with Crippen LogP contribution in [0.3, 0.4) is 0 Å². The van der Waals surface area contributed by atoms with Gasteiger partial charge in [-0.25, -0.2) is 4.68 Å². The van der Waals surface area contributed by atoms with Gasteiger partial charge in [0.1, 0.15) is 23.9 Å². The van der Waals surface area contributed by atoms with Crippen molar-refractivity contribution in [1.29, 1.82) is 0 Å². The van der Waals surface area contributed by atoms with Gasteiger partial charge in [-0.2, -0.15) is 10.1 Å². The Morgan fingerprint density at radius 3 is 2.56 bits per heavy atom. The van der Waals surface area contributed by atoms with Gasteiger partial charge in [-0.05, 0) is 53.6 Å². The highest BCUT2D eigenvalue weighted by Crippen LogP contribution is 2.33. The van der Waals surface area contributed by atoms with Gasteiger partial charge in [0, 0.05) is 5.70 Å². The largest absolute Gasteiger partial charge is 0.497 e. The predicted molar refractivity (Wildman–Crippen MR) is 95.7 cm³/mol. The molecule has 0 fully saturated rings. The summed E-state index contributed by atoms with van der Waals surface area (Å²) >= 11 is 0. The summed E-state index contributed by atoms with van der Waals surface area (Å²) in [6.07, 6.45) is 3.69. The monoisotopic (exact) mass is 334 g/mol. The van der Waals surface area contributed by atoms with Crippen LogP contribution in [0.2, 0.25) is 0 Å². The van der Waals surface area contributed by atoms with Crippen molar-refractivity contribution in [2.45, 2.75) is 6.04 Å². The van der Waals surface area contributed by atoms with Crippen molar-refractivity contribution in [3.63, 3.8) is 0 Å². The van der Waals surface area contributed by atoms with Gasteiger partial charge in [0.25, 0.3) is 0 Å². The van der Waals surface area contributed by atoms with E-state index in [1.807, 2.05) is 47.1 Å². The Balaban J connectivity index is 1.77. The van der Waals surface area contributed by atoms with Crippen molar-refractivity contribution in [3.05, 3.63) is 72.1 Å². The molecule has 0 amide bonds. The molecule has 25 heavy (non-hydrogen) atoms. The second kappa shape index (κ2) is 6.32. The molecule has 3 aromatic rings. The highest BCUT2D eigenvalue weighted by Gasteiger charge is 2.23. The molecule has 1 aliphatic heterocycles. The number of hydrogen-bond donors (Lipinski definition) is 1. The summed E-state index contributed by atoms with van der Waals surface area (Å²) in [5.74, 6) is 2.35. The molecule has 1 aliphatic rings. The van der Waals surface area contributed by atoms with Crippen molar-refractivity contribution in [3.8, 4) is 11.5 Å². The number of ether oxygens (including phenoxy) is 2. The number of fused-ring (bicyclic) bond motifs is 1. The Bertz CT molecular complexity index is 915. The van der Waals surface area contributed by atoms with Gasteiger partial charge in [-0.15, -0.1) is 0 Å². The molecule has 0 saturated carbocycles. The maximum absolute atomic E-state index is 5.36. The maximum atomic E-state index is 5.36. The van der Waals surface area contributed by atoms with Crippen LogP contribution in [0.4, 0.5) is 5.95 Å². The average Bonchev–Trinajstić information content (AvgIpc) is 3.16. The molecule has 1 N–H and O–H groups in total. The van der Waals surface area contributed by atoms with Crippen LogP contribution in [0.15, 0.2) is 60.9 Å². The fourth-order valence-electron chi connectivity index (χ4n) is 2.94. The number of benzene rings is 2. The van der Waals surface area contributed by atoms with Crippen LogP contribution in [-0.4, -0.2) is 29.0 Å². The number of anilines is 1. The molecule has 4 rings (SSSR count). The van der Waals surface area contributed by atoms with Gasteiger partial charge in [0.15, 0.2) is 0 Å². The summed E-state index contributed by atoms with van der Waals surface area (Å²) in [4.78, 5) is 4.33. The number of nitrogens with zero attached hydrogens (tertiary/aromatic N) is 3. The maximum Gasteiger partial charge on any atom is 0.226 e. The molecule has 0 saturated heterocycles. The molecule has 0 aliphatic carbocycles. The van der Waals surface area contributed by atoms with Gasteiger partial charge < -0.3 is 14.8 Å². The quantitative estimate of drug-likeness (QED) is 0.793. The Hall–Kier alpha value is -3.28. The summed E-state index contributed by atoms with van der Waals surface area (Å²) in [6.45, 7) is 0. The van der Waals surface area contributed by atoms with Crippen LogP contribution in [0.5, 0.6) is 11.5 Å². The lowest BCUT2D eigenvalue weighted by Crippen LogP contribution is -2.20. The Kier molecular flexibility index (Phi) is 3.85. The first-order valence-corrected chi connectivity index (χ1v) is 7.95. The smallest absolute Gasteiger partial charge is 0.226 e. The summed E-state index contributed by atoms with van der Waals surface area (Å²) < 4.78 is 12.5. The third-order valence-electron chi connectivity index (χ3n) is 4.24. The summed E-state index contributed by atoms with van der Waals surface area (Å²) in [7, 11) is 3.33. The minimum atomic E-state index is -0.0639. The zero-order valence-corrected chi connectivity index (χ0v) is 14.0. The van der Waals surface area contributed by atoms with Crippen molar-refractivity contribution in [1.82, 2.24) is 14.8 Å². The first-order chi connectivity index (χ1) is 12.3. The Labute approximate surface area is 145 Å². The zero-order valence-electron chi connectivity index (χ0n) is 14.0. The standard InChI is InChI=1S/C19H18N4O2/c1-24-15-8-6-13(7-9-15)17-11-18(23-19(22-17)20-12-21-23)14-4-3-5-16(10-14)25-2/h3-12,18H,1-2H3,(H,20,21,22)/t18-/m1/s1. The minimum absolute atomic E-state index is 0.0639. The highest BCUT2D eigenvalue weighted by atomic mass is 16.5. The highest BCUT2D eigenvalue weighted by molar-refractivity contribution is 5.77. The van der Waals surface area contributed by atoms with Crippen LogP contribution in [0, 0.1) is 0 Å². The van der Waals surface area contributed by atoms with Crippen LogP contribution >= 0.6 is 0 Å². The predicted octanol–water partition coefficient (Wildman–Crippen LogP) is 3.35. The van der Waals surface area contributed by atoms with Gasteiger partial charge in [0.2, 0.25) is 5.95 Å². The van der Waals surface area contributed by atoms with E-state index >= 15 is 0 Å². The summed E-state index contributed by atoms with van der Waals surface area (Å²) in [5.41, 5.74) is 3.12. The average molecular weight is 334 g/mol. The van der Waals surface area contributed by atoms with Crippen LogP contribution in [0.25, 0.3) is 5.70 Å². The topological polar surface area (TPSA) is 61.2 Å². The van der Waals surface area contributed by atoms with Crippen LogP contribution < -0.4 is 14.8 Å². The van der Waals surface area contributed by atoms with Crippen molar-refractivity contribution >= 4 is 11.6 Å². The molecule has 1 atom stereocenters. The molecule has 0 bridgehead atoms. The van der Waals surface area contributed by atoms with Crippen molar-refractivity contribution in [2.24, 2.45) is 0 Å². The van der Waals surface area contributed by atoms with E-state index in [0.717, 1.165) is 28.3 Å². The molecular formula is C19H18N4O2. The molecule has 126 valence electrons. The van der Waals surface area contributed by atoms with Crippen molar-refractivity contribution < 1.29 is 9.47 Å². The second-order valence-electron chi connectivity index (χ2n) is 5.68. The first-order valence-electron chi connectivity index (χ1n) is 7.95. The molecule has 0 radical (unpaired) electrons. The SMILES string of the molecule is COc1ccc(C2=C[C@H](c3cccc(OC)c3)n3ncnc3N2)cc1. The molecule has 2 heterocycles. The van der Waals surface area contributed by atoms with E-state index in [1.165, 1.54) is 0 Å². The molecule has 0 unspecified atom stereocenters. The van der Waals surface area contributed by atoms with E-state index in [9.17, 15) is 0 Å². The van der Waals surface area contributed by atoms with E-state index in [1.54, 1.807) is 20.5 Å². The lowest BCUT2D eigenvalue weighted by atomic mass is 10.0. The molecular weight excluding hydrogens is 316 g/mol. The second-order valence-corrected chi connectivity index (χ2v) is 5.68. The minimum Gasteiger partial charge on any atom is -0.497 e. The van der Waals surface area contributed by atoms with E-state index in [-0.39, 0.29) is 6.04 Å². The number of allylic oxidation sites excluding steroid dienone is 1. The van der Waals surface area contributed by atoms with Crippen LogP contribution in [0.1, 0.15) is 17.2 Å². The third-order valence-corrected chi connectivity index (χ3v) is 4.24. The molecule has 1 aromatic heterocycles. The molecule has 6 nitrogen and oxygen atoms in total. The number of rotatable bonds is 4. The van der Waals surface area contributed by atoms with Gasteiger partial charge in [-0.1, -0.05) is 12.1 Å². The third kappa shape index (κ3) is 2.82. The van der Waals surface area contributed by atoms with Gasteiger partial charge in [-0.3, -0.25) is 0 Å². The lowest BCUT2D eigenvalue weighted by Gasteiger charge is -2.24. The number of nitrogens with one attached hydrogen (secondary N) is 1. The fraction of sp³-hybridized carbons (Fsp3) is 0.158. The summed E-state index contributed by atoms with van der Waals surface area (Å²) in [5, 5.41) is 7.70. The zero-order chi connectivity index (χ0) is 17.2. The summed E-state index contributed by atoms with van der Waals surface area (Å²) in [6, 6.07) is 15.9. The van der Waals surface area contributed by atoms with Gasteiger partial charge in [0.05, 0.1) is 14.2 Å². The van der Waals surface area contributed by atoms with E-state index in [4.69, 9.17) is 9.47 Å². The Morgan fingerprint density at radius 1 is 1.00 bits per heavy atom. The van der Waals surface area contributed by atoms with E-state index in [0.29, 0.717) is 5.95 Å². The van der Waals surface area contributed by atoms with E-state index in [2.05, 4.69) is 27.5 Å². The van der Waals surface area contributed by atoms with Crippen molar-refractivity contribution in [2.75, 3.05) is 19.5 Å².